The lowest BCUT2D eigenvalue weighted by Gasteiger charge is -2.25. The quantitative estimate of drug-likeness (QED) is 0.388. The summed E-state index contributed by atoms with van der Waals surface area (Å²) in [6.45, 7) is 1.35. The first-order valence-electron chi connectivity index (χ1n) is 11.2. The summed E-state index contributed by atoms with van der Waals surface area (Å²) >= 11 is 0. The third kappa shape index (κ3) is 9.18. The molecule has 1 unspecified atom stereocenters. The van der Waals surface area contributed by atoms with Gasteiger partial charge in [-0.1, -0.05) is 30.3 Å². The molecule has 0 aliphatic carbocycles. The average molecular weight is 540 g/mol. The van der Waals surface area contributed by atoms with Crippen LogP contribution >= 0.6 is 12.4 Å². The van der Waals surface area contributed by atoms with E-state index in [1.807, 2.05) is 12.1 Å². The van der Waals surface area contributed by atoms with Crippen molar-refractivity contribution < 1.29 is 35.9 Å². The third-order valence-corrected chi connectivity index (χ3v) is 5.69. The van der Waals surface area contributed by atoms with Crippen LogP contribution in [0.2, 0.25) is 0 Å². The van der Waals surface area contributed by atoms with Gasteiger partial charge in [-0.3, -0.25) is 0 Å². The van der Waals surface area contributed by atoms with Crippen LogP contribution in [0.4, 0.5) is 31.1 Å². The minimum absolute atomic E-state index is 0. The highest BCUT2D eigenvalue weighted by molar-refractivity contribution is 5.85. The van der Waals surface area contributed by atoms with Crippen molar-refractivity contribution in [3.8, 4) is 0 Å². The zero-order valence-corrected chi connectivity index (χ0v) is 20.0. The van der Waals surface area contributed by atoms with E-state index >= 15 is 0 Å². The molecule has 1 aliphatic heterocycles. The molecule has 3 rings (SSSR count). The van der Waals surface area contributed by atoms with Crippen molar-refractivity contribution >= 4 is 18.4 Å². The van der Waals surface area contributed by atoms with E-state index in [0.717, 1.165) is 31.5 Å². The number of hydrogen-bond donors (Lipinski definition) is 3. The minimum atomic E-state index is -4.92. The first-order chi connectivity index (χ1) is 16.5. The van der Waals surface area contributed by atoms with Crippen LogP contribution in [-0.2, 0) is 23.7 Å². The Morgan fingerprint density at radius 2 is 1.56 bits per heavy atom. The largest absolute Gasteiger partial charge is 0.416 e. The maximum atomic E-state index is 13.1. The maximum absolute atomic E-state index is 13.1. The number of urea groups is 1. The second-order valence-corrected chi connectivity index (χ2v) is 8.42. The van der Waals surface area contributed by atoms with Crippen LogP contribution in [0.25, 0.3) is 0 Å². The fraction of sp³-hybridized carbons (Fsp3) is 0.458. The summed E-state index contributed by atoms with van der Waals surface area (Å²) in [7, 11) is 0. The molecule has 5 nitrogen and oxygen atoms in total. The monoisotopic (exact) mass is 539 g/mol. The molecule has 0 saturated carbocycles. The number of hydrogen-bond acceptors (Lipinski definition) is 3. The van der Waals surface area contributed by atoms with Crippen LogP contribution in [0.3, 0.4) is 0 Å². The Morgan fingerprint density at radius 3 is 2.11 bits per heavy atom. The van der Waals surface area contributed by atoms with Gasteiger partial charge in [0.2, 0.25) is 0 Å². The van der Waals surface area contributed by atoms with Crippen LogP contribution in [0.1, 0.15) is 41.0 Å². The molecule has 200 valence electrons. The number of ether oxygens (including phenoxy) is 1. The topological polar surface area (TPSA) is 62.4 Å². The van der Waals surface area contributed by atoms with Gasteiger partial charge in [-0.25, -0.2) is 4.79 Å². The Morgan fingerprint density at radius 1 is 0.972 bits per heavy atom. The molecule has 0 aromatic heterocycles. The van der Waals surface area contributed by atoms with Crippen LogP contribution in [0.15, 0.2) is 48.5 Å². The van der Waals surface area contributed by atoms with Gasteiger partial charge in [0, 0.05) is 18.5 Å². The van der Waals surface area contributed by atoms with Gasteiger partial charge < -0.3 is 20.7 Å². The van der Waals surface area contributed by atoms with Gasteiger partial charge in [0.25, 0.3) is 0 Å². The molecule has 2 amide bonds. The third-order valence-electron chi connectivity index (χ3n) is 5.69. The van der Waals surface area contributed by atoms with Gasteiger partial charge in [-0.05, 0) is 55.3 Å². The Balaban J connectivity index is 0.00000456. The number of piperidine rings is 1. The molecule has 1 heterocycles. The first-order valence-corrected chi connectivity index (χ1v) is 11.2. The van der Waals surface area contributed by atoms with E-state index in [4.69, 9.17) is 4.74 Å². The van der Waals surface area contributed by atoms with E-state index in [0.29, 0.717) is 12.1 Å². The first kappa shape index (κ1) is 29.7. The number of benzene rings is 2. The Labute approximate surface area is 211 Å². The number of alkyl halides is 6. The zero-order chi connectivity index (χ0) is 25.5. The number of halogens is 7. The summed E-state index contributed by atoms with van der Waals surface area (Å²) in [5.74, 6) is -0.358. The number of nitrogens with one attached hydrogen (secondary N) is 3. The fourth-order valence-electron chi connectivity index (χ4n) is 3.84. The van der Waals surface area contributed by atoms with Crippen LogP contribution in [0, 0.1) is 0 Å². The number of carbonyl (C=O) groups is 1. The van der Waals surface area contributed by atoms with E-state index in [2.05, 4.69) is 16.0 Å². The molecule has 12 heteroatoms. The molecule has 2 aromatic rings. The summed E-state index contributed by atoms with van der Waals surface area (Å²) in [6, 6.07) is 10.1. The molecule has 0 radical (unpaired) electrons. The van der Waals surface area contributed by atoms with Crippen LogP contribution in [-0.4, -0.2) is 38.3 Å². The molecule has 3 N–H and O–H groups in total. The van der Waals surface area contributed by atoms with Crippen molar-refractivity contribution in [1.82, 2.24) is 16.0 Å². The van der Waals surface area contributed by atoms with Crippen molar-refractivity contribution in [3.63, 3.8) is 0 Å². The molecular weight excluding hydrogens is 512 g/mol. The number of carbonyl (C=O) groups excluding carboxylic acids is 1. The highest BCUT2D eigenvalue weighted by Gasteiger charge is 2.36. The molecule has 1 saturated heterocycles. The summed E-state index contributed by atoms with van der Waals surface area (Å²) in [5.41, 5.74) is -2.20. The molecule has 0 spiro atoms. The lowest BCUT2D eigenvalue weighted by Crippen LogP contribution is -2.47. The predicted molar refractivity (Wildman–Crippen MR) is 125 cm³/mol. The predicted octanol–water partition coefficient (Wildman–Crippen LogP) is 5.50. The van der Waals surface area contributed by atoms with Crippen LogP contribution in [0.5, 0.6) is 0 Å². The summed E-state index contributed by atoms with van der Waals surface area (Å²) < 4.78 is 84.1. The molecule has 2 aromatic carbocycles. The second-order valence-electron chi connectivity index (χ2n) is 8.42. The summed E-state index contributed by atoms with van der Waals surface area (Å²) in [5, 5.41) is 8.90. The van der Waals surface area contributed by atoms with Gasteiger partial charge in [0.1, 0.15) is 0 Å². The molecule has 1 fully saturated rings. The molecular formula is C24H28ClF6N3O2. The van der Waals surface area contributed by atoms with Gasteiger partial charge in [0.15, 0.2) is 0 Å². The Hall–Kier alpha value is -2.50. The lowest BCUT2D eigenvalue weighted by molar-refractivity contribution is -0.143. The van der Waals surface area contributed by atoms with E-state index in [1.165, 1.54) is 0 Å². The van der Waals surface area contributed by atoms with E-state index < -0.39 is 30.1 Å². The van der Waals surface area contributed by atoms with Crippen molar-refractivity contribution in [2.45, 2.75) is 43.8 Å². The summed E-state index contributed by atoms with van der Waals surface area (Å²) in [6.07, 6.45) is -8.21. The smallest absolute Gasteiger partial charge is 0.376 e. The zero-order valence-electron chi connectivity index (χ0n) is 19.2. The molecule has 0 bridgehead atoms. The number of amides is 2. The molecule has 1 atom stereocenters. The van der Waals surface area contributed by atoms with Crippen molar-refractivity contribution in [3.05, 3.63) is 70.8 Å². The van der Waals surface area contributed by atoms with Crippen LogP contribution < -0.4 is 16.0 Å². The molecule has 1 aliphatic rings. The van der Waals surface area contributed by atoms with Gasteiger partial charge in [-0.2, -0.15) is 26.3 Å². The normalized spacial score (nSPS) is 15.6. The fourth-order valence-corrected chi connectivity index (χ4v) is 3.84. The van der Waals surface area contributed by atoms with E-state index in [1.54, 1.807) is 18.2 Å². The van der Waals surface area contributed by atoms with Gasteiger partial charge in [-0.15, -0.1) is 12.4 Å². The Bertz CT molecular complexity index is 934. The second kappa shape index (κ2) is 13.2. The number of rotatable bonds is 8. The maximum Gasteiger partial charge on any atom is 0.416 e. The van der Waals surface area contributed by atoms with E-state index in [-0.39, 0.29) is 55.2 Å². The Kier molecular flexibility index (Phi) is 10.9. The van der Waals surface area contributed by atoms with E-state index in [9.17, 15) is 31.1 Å². The highest BCUT2D eigenvalue weighted by atomic mass is 35.5. The highest BCUT2D eigenvalue weighted by Crippen LogP contribution is 2.36. The average Bonchev–Trinajstić information content (AvgIpc) is 2.81. The van der Waals surface area contributed by atoms with Crippen molar-refractivity contribution in [2.24, 2.45) is 0 Å². The van der Waals surface area contributed by atoms with Crippen molar-refractivity contribution in [1.29, 1.82) is 0 Å². The molecule has 36 heavy (non-hydrogen) atoms. The summed E-state index contributed by atoms with van der Waals surface area (Å²) in [4.78, 5) is 12.3. The lowest BCUT2D eigenvalue weighted by atomic mass is 10.00. The van der Waals surface area contributed by atoms with Gasteiger partial charge in [0.05, 0.1) is 24.3 Å². The van der Waals surface area contributed by atoms with Gasteiger partial charge >= 0.3 is 18.4 Å². The standard InChI is InChI=1S/C24H27F6N3O2.ClH/c25-23(26,27)19-10-16(11-20(12-19)24(28,29)30)14-35-15-18(17-4-2-1-3-5-17)13-32-22(34)33-21-6-8-31-9-7-21;/h1-5,10-12,18,21,31H,6-9,13-15H2,(H2,32,33,34);1H. The minimum Gasteiger partial charge on any atom is -0.376 e. The van der Waals surface area contributed by atoms with Crippen molar-refractivity contribution in [2.75, 3.05) is 26.2 Å². The SMILES string of the molecule is Cl.O=C(NCC(COCc1cc(C(F)(F)F)cc(C(F)(F)F)c1)c1ccccc1)NC1CCNCC1.